The maximum Gasteiger partial charge on any atom is 0.0347 e. The molecule has 1 unspecified atom stereocenters. The molecule has 0 aliphatic heterocycles. The second-order valence-electron chi connectivity index (χ2n) is 4.42. The molecule has 0 saturated heterocycles. The SMILES string of the molecule is C=CC(C=C)(C=C)C(C)([SiH3])[SiH](C)C. The van der Waals surface area contributed by atoms with Gasteiger partial charge in [0.05, 0.1) is 0 Å². The van der Waals surface area contributed by atoms with E-state index in [1.807, 2.05) is 18.2 Å². The number of allylic oxidation sites excluding steroid dienone is 3. The van der Waals surface area contributed by atoms with Gasteiger partial charge in [-0.1, -0.05) is 38.2 Å². The lowest BCUT2D eigenvalue weighted by molar-refractivity contribution is 0.542. The van der Waals surface area contributed by atoms with Crippen molar-refractivity contribution >= 4 is 19.0 Å². The van der Waals surface area contributed by atoms with Crippen molar-refractivity contribution in [3.05, 3.63) is 38.0 Å². The third kappa shape index (κ3) is 1.94. The summed E-state index contributed by atoms with van der Waals surface area (Å²) < 4.78 is 0.387. The van der Waals surface area contributed by atoms with Crippen molar-refractivity contribution in [2.75, 3.05) is 0 Å². The molecule has 0 amide bonds. The van der Waals surface area contributed by atoms with Gasteiger partial charge in [-0.2, -0.15) is 0 Å². The molecule has 0 saturated carbocycles. The van der Waals surface area contributed by atoms with E-state index in [4.69, 9.17) is 0 Å². The van der Waals surface area contributed by atoms with Crippen LogP contribution in [-0.4, -0.2) is 19.0 Å². The lowest BCUT2D eigenvalue weighted by Gasteiger charge is -2.43. The van der Waals surface area contributed by atoms with Crippen LogP contribution in [0.2, 0.25) is 17.8 Å². The maximum atomic E-state index is 3.93. The number of rotatable bonds is 5. The van der Waals surface area contributed by atoms with Crippen LogP contribution in [0.4, 0.5) is 0 Å². The fourth-order valence-corrected chi connectivity index (χ4v) is 3.51. The Balaban J connectivity index is 5.26. The molecule has 0 bridgehead atoms. The number of hydrogen-bond acceptors (Lipinski definition) is 0. The highest BCUT2D eigenvalue weighted by Gasteiger charge is 2.40. The van der Waals surface area contributed by atoms with Crippen LogP contribution in [0.25, 0.3) is 0 Å². The Morgan fingerprint density at radius 3 is 1.46 bits per heavy atom. The van der Waals surface area contributed by atoms with Crippen LogP contribution >= 0.6 is 0 Å². The molecule has 13 heavy (non-hydrogen) atoms. The summed E-state index contributed by atoms with van der Waals surface area (Å²) in [5.41, 5.74) is -0.0421. The Labute approximate surface area is 87.5 Å². The summed E-state index contributed by atoms with van der Waals surface area (Å²) in [6, 6.07) is 0. The van der Waals surface area contributed by atoms with E-state index in [1.54, 1.807) is 0 Å². The normalized spacial score (nSPS) is 16.6. The fraction of sp³-hybridized carbons (Fsp3) is 0.455. The van der Waals surface area contributed by atoms with Gasteiger partial charge in [-0.3, -0.25) is 0 Å². The average Bonchev–Trinajstić information content (AvgIpc) is 2.08. The van der Waals surface area contributed by atoms with Crippen molar-refractivity contribution in [1.82, 2.24) is 0 Å². The first-order valence-electron chi connectivity index (χ1n) is 4.78. The summed E-state index contributed by atoms with van der Waals surface area (Å²) in [6.07, 6.45) is 6.02. The molecule has 0 nitrogen and oxygen atoms in total. The zero-order valence-corrected chi connectivity index (χ0v) is 12.6. The van der Waals surface area contributed by atoms with Gasteiger partial charge >= 0.3 is 0 Å². The average molecular weight is 210 g/mol. The molecule has 0 N–H and O–H groups in total. The third-order valence-electron chi connectivity index (χ3n) is 3.57. The van der Waals surface area contributed by atoms with Gasteiger partial charge in [0.15, 0.2) is 0 Å². The van der Waals surface area contributed by atoms with E-state index in [2.05, 4.69) is 39.8 Å². The highest BCUT2D eigenvalue weighted by atomic mass is 28.3. The zero-order valence-electron chi connectivity index (χ0n) is 9.43. The van der Waals surface area contributed by atoms with E-state index in [9.17, 15) is 0 Å². The molecule has 2 heteroatoms. The minimum absolute atomic E-state index is 0.0421. The van der Waals surface area contributed by atoms with Gasteiger partial charge in [-0.25, -0.2) is 0 Å². The molecular formula is C11H22Si2. The second-order valence-corrected chi connectivity index (χ2v) is 11.4. The number of hydrogen-bond donors (Lipinski definition) is 0. The quantitative estimate of drug-likeness (QED) is 0.482. The molecule has 0 aromatic heterocycles. The highest BCUT2D eigenvalue weighted by molar-refractivity contribution is 6.68. The van der Waals surface area contributed by atoms with Crippen molar-refractivity contribution in [2.45, 2.75) is 24.7 Å². The summed E-state index contributed by atoms with van der Waals surface area (Å²) >= 11 is 0. The zero-order chi connectivity index (χ0) is 10.7. The molecule has 0 rings (SSSR count). The lowest BCUT2D eigenvalue weighted by atomic mass is 9.84. The van der Waals surface area contributed by atoms with Crippen LogP contribution in [0, 0.1) is 5.41 Å². The van der Waals surface area contributed by atoms with Crippen LogP contribution < -0.4 is 0 Å². The Hall–Kier alpha value is -0.346. The maximum absolute atomic E-state index is 3.93. The Morgan fingerprint density at radius 2 is 1.38 bits per heavy atom. The van der Waals surface area contributed by atoms with Gasteiger partial charge in [-0.05, 0) is 4.66 Å². The predicted molar refractivity (Wildman–Crippen MR) is 70.2 cm³/mol. The van der Waals surface area contributed by atoms with Crippen LogP contribution in [0.5, 0.6) is 0 Å². The first kappa shape index (κ1) is 12.7. The fourth-order valence-electron chi connectivity index (χ4n) is 1.54. The molecule has 0 heterocycles. The summed E-state index contributed by atoms with van der Waals surface area (Å²) in [5.74, 6) is 0. The van der Waals surface area contributed by atoms with E-state index in [0.717, 1.165) is 0 Å². The first-order chi connectivity index (χ1) is 5.88. The Bertz CT molecular complexity index is 192. The van der Waals surface area contributed by atoms with E-state index in [-0.39, 0.29) is 5.41 Å². The van der Waals surface area contributed by atoms with E-state index in [0.29, 0.717) is 4.66 Å². The highest BCUT2D eigenvalue weighted by Crippen LogP contribution is 2.47. The van der Waals surface area contributed by atoms with Crippen LogP contribution in [0.15, 0.2) is 38.0 Å². The topological polar surface area (TPSA) is 0 Å². The molecule has 0 radical (unpaired) electrons. The monoisotopic (exact) mass is 210 g/mol. The minimum atomic E-state index is -0.710. The van der Waals surface area contributed by atoms with Crippen LogP contribution in [0.1, 0.15) is 6.92 Å². The molecule has 0 fully saturated rings. The third-order valence-corrected chi connectivity index (χ3v) is 11.3. The molecule has 0 aliphatic carbocycles. The van der Waals surface area contributed by atoms with Crippen LogP contribution in [0.3, 0.4) is 0 Å². The van der Waals surface area contributed by atoms with Crippen molar-refractivity contribution in [3.63, 3.8) is 0 Å². The van der Waals surface area contributed by atoms with E-state index in [1.165, 1.54) is 10.2 Å². The molecule has 0 spiro atoms. The van der Waals surface area contributed by atoms with Gasteiger partial charge < -0.3 is 0 Å². The summed E-state index contributed by atoms with van der Waals surface area (Å²) in [4.78, 5) is 0. The Morgan fingerprint density at radius 1 is 1.08 bits per heavy atom. The molecule has 0 aliphatic rings. The van der Waals surface area contributed by atoms with E-state index < -0.39 is 8.80 Å². The smallest absolute Gasteiger partial charge is 0.0347 e. The van der Waals surface area contributed by atoms with Gasteiger partial charge in [-0.15, -0.1) is 19.7 Å². The summed E-state index contributed by atoms with van der Waals surface area (Å²) in [7, 11) is 0.457. The summed E-state index contributed by atoms with van der Waals surface area (Å²) in [6.45, 7) is 18.9. The Kier molecular flexibility index (Phi) is 4.13. The molecular weight excluding hydrogens is 188 g/mol. The van der Waals surface area contributed by atoms with E-state index >= 15 is 0 Å². The second kappa shape index (κ2) is 4.24. The molecule has 0 aromatic rings. The molecule has 74 valence electrons. The predicted octanol–water partition coefficient (Wildman–Crippen LogP) is 2.10. The minimum Gasteiger partial charge on any atom is -0.102 e. The van der Waals surface area contributed by atoms with Crippen molar-refractivity contribution in [3.8, 4) is 0 Å². The van der Waals surface area contributed by atoms with Gasteiger partial charge in [0.2, 0.25) is 0 Å². The first-order valence-corrected chi connectivity index (χ1v) is 8.67. The lowest BCUT2D eigenvalue weighted by Crippen LogP contribution is -2.39. The largest absolute Gasteiger partial charge is 0.102 e. The van der Waals surface area contributed by atoms with Crippen molar-refractivity contribution in [2.24, 2.45) is 5.41 Å². The van der Waals surface area contributed by atoms with Crippen LogP contribution in [-0.2, 0) is 0 Å². The summed E-state index contributed by atoms with van der Waals surface area (Å²) in [5, 5.41) is 0. The van der Waals surface area contributed by atoms with Crippen molar-refractivity contribution < 1.29 is 0 Å². The van der Waals surface area contributed by atoms with Gasteiger partial charge in [0.25, 0.3) is 0 Å². The standard InChI is InChI=1S/C11H22Si2/c1-7-11(8-2,9-3)10(4,12)13(5)6/h7-9,13H,1-3H2,4-6,12H3. The molecule has 1 atom stereocenters. The molecule has 0 aromatic carbocycles. The van der Waals surface area contributed by atoms with Gasteiger partial charge in [0.1, 0.15) is 0 Å². The van der Waals surface area contributed by atoms with Gasteiger partial charge in [0, 0.05) is 24.5 Å². The van der Waals surface area contributed by atoms with Crippen molar-refractivity contribution in [1.29, 1.82) is 0 Å².